The number of piperidine rings is 1. The molecule has 0 radical (unpaired) electrons. The first-order valence-electron chi connectivity index (χ1n) is 9.67. The zero-order valence-electron chi connectivity index (χ0n) is 16.4. The van der Waals surface area contributed by atoms with E-state index in [0.717, 1.165) is 37.4 Å². The third-order valence-electron chi connectivity index (χ3n) is 4.92. The molecule has 0 unspecified atom stereocenters. The minimum absolute atomic E-state index is 0.126. The second-order valence-electron chi connectivity index (χ2n) is 7.01. The van der Waals surface area contributed by atoms with Crippen molar-refractivity contribution >= 4 is 23.2 Å². The Morgan fingerprint density at radius 1 is 0.929 bits per heavy atom. The summed E-state index contributed by atoms with van der Waals surface area (Å²) in [5, 5.41) is 6.09. The van der Waals surface area contributed by atoms with Crippen LogP contribution >= 0.6 is 0 Å². The Labute approximate surface area is 165 Å². The van der Waals surface area contributed by atoms with Crippen LogP contribution < -0.4 is 15.4 Å². The summed E-state index contributed by atoms with van der Waals surface area (Å²) in [6.07, 6.45) is 3.36. The standard InChI is InChI=1S/C22H27N3O3/c1-16(22(27)25-14-4-3-5-15-25)23-18-8-6-17(7-9-18)21(26)24-19-10-12-20(28-2)13-11-19/h6-13,16,23H,3-5,14-15H2,1-2H3,(H,24,26)/t16-/m0/s1. The minimum atomic E-state index is -0.294. The molecule has 0 aliphatic carbocycles. The molecule has 1 saturated heterocycles. The molecule has 2 aromatic rings. The molecular formula is C22H27N3O3. The van der Waals surface area contributed by atoms with Crippen molar-refractivity contribution in [1.29, 1.82) is 0 Å². The smallest absolute Gasteiger partial charge is 0.255 e. The van der Waals surface area contributed by atoms with Gasteiger partial charge in [-0.1, -0.05) is 0 Å². The highest BCUT2D eigenvalue weighted by atomic mass is 16.5. The molecule has 1 aliphatic rings. The molecule has 28 heavy (non-hydrogen) atoms. The average molecular weight is 381 g/mol. The Morgan fingerprint density at radius 3 is 2.14 bits per heavy atom. The molecule has 1 heterocycles. The molecule has 6 heteroatoms. The lowest BCUT2D eigenvalue weighted by Crippen LogP contribution is -2.43. The number of nitrogens with zero attached hydrogens (tertiary/aromatic N) is 1. The van der Waals surface area contributed by atoms with Crippen LogP contribution in [0.5, 0.6) is 5.75 Å². The maximum absolute atomic E-state index is 12.5. The van der Waals surface area contributed by atoms with Gasteiger partial charge in [-0.2, -0.15) is 0 Å². The maximum Gasteiger partial charge on any atom is 0.255 e. The number of ether oxygens (including phenoxy) is 1. The van der Waals surface area contributed by atoms with Crippen molar-refractivity contribution in [1.82, 2.24) is 4.90 Å². The van der Waals surface area contributed by atoms with E-state index in [1.165, 1.54) is 6.42 Å². The molecule has 6 nitrogen and oxygen atoms in total. The van der Waals surface area contributed by atoms with E-state index in [0.29, 0.717) is 11.3 Å². The lowest BCUT2D eigenvalue weighted by molar-refractivity contribution is -0.132. The number of rotatable bonds is 6. The van der Waals surface area contributed by atoms with Gasteiger partial charge in [-0.3, -0.25) is 9.59 Å². The molecule has 0 spiro atoms. The quantitative estimate of drug-likeness (QED) is 0.799. The summed E-state index contributed by atoms with van der Waals surface area (Å²) in [5.41, 5.74) is 2.07. The van der Waals surface area contributed by atoms with Crippen LogP contribution in [0.1, 0.15) is 36.5 Å². The first kappa shape index (κ1) is 19.7. The molecule has 2 N–H and O–H groups in total. The van der Waals surface area contributed by atoms with Gasteiger partial charge in [0.25, 0.3) is 5.91 Å². The number of hydrogen-bond donors (Lipinski definition) is 2. The third kappa shape index (κ3) is 5.03. The molecule has 1 fully saturated rings. The van der Waals surface area contributed by atoms with Gasteiger partial charge in [-0.25, -0.2) is 0 Å². The highest BCUT2D eigenvalue weighted by Gasteiger charge is 2.21. The molecule has 2 aromatic carbocycles. The van der Waals surface area contributed by atoms with Gasteiger partial charge in [0.1, 0.15) is 11.8 Å². The van der Waals surface area contributed by atoms with Crippen LogP contribution in [0.4, 0.5) is 11.4 Å². The summed E-state index contributed by atoms with van der Waals surface area (Å²) < 4.78 is 5.11. The van der Waals surface area contributed by atoms with Gasteiger partial charge in [0, 0.05) is 30.0 Å². The van der Waals surface area contributed by atoms with Gasteiger partial charge in [0.2, 0.25) is 5.91 Å². The second-order valence-corrected chi connectivity index (χ2v) is 7.01. The van der Waals surface area contributed by atoms with Crippen LogP contribution in [0.3, 0.4) is 0 Å². The number of anilines is 2. The first-order valence-corrected chi connectivity index (χ1v) is 9.67. The molecule has 0 bridgehead atoms. The number of benzene rings is 2. The molecule has 1 atom stereocenters. The van der Waals surface area contributed by atoms with E-state index in [9.17, 15) is 9.59 Å². The van der Waals surface area contributed by atoms with Crippen molar-refractivity contribution in [3.63, 3.8) is 0 Å². The number of nitrogens with one attached hydrogen (secondary N) is 2. The van der Waals surface area contributed by atoms with Gasteiger partial charge >= 0.3 is 0 Å². The molecule has 3 rings (SSSR count). The molecule has 0 aromatic heterocycles. The number of carbonyl (C=O) groups is 2. The Bertz CT molecular complexity index is 797. The Morgan fingerprint density at radius 2 is 1.54 bits per heavy atom. The predicted octanol–water partition coefficient (Wildman–Crippen LogP) is 3.76. The van der Waals surface area contributed by atoms with E-state index < -0.39 is 0 Å². The average Bonchev–Trinajstić information content (AvgIpc) is 2.74. The van der Waals surface area contributed by atoms with Gasteiger partial charge in [-0.05, 0) is 74.7 Å². The lowest BCUT2D eigenvalue weighted by Gasteiger charge is -2.29. The number of amides is 2. The van der Waals surface area contributed by atoms with Crippen molar-refractivity contribution in [3.05, 3.63) is 54.1 Å². The largest absolute Gasteiger partial charge is 0.497 e. The van der Waals surface area contributed by atoms with Crippen LogP contribution in [-0.4, -0.2) is 43.0 Å². The number of hydrogen-bond acceptors (Lipinski definition) is 4. The Kier molecular flexibility index (Phi) is 6.53. The third-order valence-corrected chi connectivity index (χ3v) is 4.92. The van der Waals surface area contributed by atoms with Crippen LogP contribution in [0.2, 0.25) is 0 Å². The molecule has 148 valence electrons. The van der Waals surface area contributed by atoms with Crippen molar-refractivity contribution in [2.24, 2.45) is 0 Å². The SMILES string of the molecule is COc1ccc(NC(=O)c2ccc(N[C@@H](C)C(=O)N3CCCCC3)cc2)cc1. The first-order chi connectivity index (χ1) is 13.6. The van der Waals surface area contributed by atoms with Gasteiger partial charge in [0.15, 0.2) is 0 Å². The van der Waals surface area contributed by atoms with E-state index in [4.69, 9.17) is 4.74 Å². The number of methoxy groups -OCH3 is 1. The van der Waals surface area contributed by atoms with Crippen LogP contribution in [0, 0.1) is 0 Å². The molecular weight excluding hydrogens is 354 g/mol. The van der Waals surface area contributed by atoms with Crippen LogP contribution in [0.25, 0.3) is 0 Å². The van der Waals surface area contributed by atoms with Crippen molar-refractivity contribution in [2.45, 2.75) is 32.2 Å². The van der Waals surface area contributed by atoms with E-state index in [1.807, 2.05) is 24.0 Å². The summed E-state index contributed by atoms with van der Waals surface area (Å²) in [5.74, 6) is 0.678. The highest BCUT2D eigenvalue weighted by molar-refractivity contribution is 6.04. The highest BCUT2D eigenvalue weighted by Crippen LogP contribution is 2.18. The Hall–Kier alpha value is -3.02. The minimum Gasteiger partial charge on any atom is -0.497 e. The number of carbonyl (C=O) groups excluding carboxylic acids is 2. The van der Waals surface area contributed by atoms with Gasteiger partial charge < -0.3 is 20.3 Å². The summed E-state index contributed by atoms with van der Waals surface area (Å²) in [6, 6.07) is 14.0. The van der Waals surface area contributed by atoms with Gasteiger partial charge in [-0.15, -0.1) is 0 Å². The monoisotopic (exact) mass is 381 g/mol. The normalized spacial score (nSPS) is 14.9. The number of likely N-dealkylation sites (tertiary alicyclic amines) is 1. The lowest BCUT2D eigenvalue weighted by atomic mass is 10.1. The zero-order chi connectivity index (χ0) is 19.9. The van der Waals surface area contributed by atoms with Crippen molar-refractivity contribution in [2.75, 3.05) is 30.8 Å². The van der Waals surface area contributed by atoms with E-state index in [1.54, 1.807) is 43.5 Å². The fraction of sp³-hybridized carbons (Fsp3) is 0.364. The molecule has 2 amide bonds. The summed E-state index contributed by atoms with van der Waals surface area (Å²) in [6.45, 7) is 3.56. The Balaban J connectivity index is 1.56. The summed E-state index contributed by atoms with van der Waals surface area (Å²) >= 11 is 0. The molecule has 0 saturated carbocycles. The zero-order valence-corrected chi connectivity index (χ0v) is 16.4. The fourth-order valence-electron chi connectivity index (χ4n) is 3.30. The van der Waals surface area contributed by atoms with Gasteiger partial charge in [0.05, 0.1) is 7.11 Å². The van der Waals surface area contributed by atoms with E-state index in [-0.39, 0.29) is 17.9 Å². The summed E-state index contributed by atoms with van der Waals surface area (Å²) in [7, 11) is 1.60. The van der Waals surface area contributed by atoms with Crippen molar-refractivity contribution < 1.29 is 14.3 Å². The topological polar surface area (TPSA) is 70.7 Å². The molecule has 1 aliphatic heterocycles. The van der Waals surface area contributed by atoms with E-state index >= 15 is 0 Å². The second kappa shape index (κ2) is 9.26. The fourth-order valence-corrected chi connectivity index (χ4v) is 3.30. The predicted molar refractivity (Wildman–Crippen MR) is 111 cm³/mol. The summed E-state index contributed by atoms with van der Waals surface area (Å²) in [4.78, 5) is 26.8. The van der Waals surface area contributed by atoms with E-state index in [2.05, 4.69) is 10.6 Å². The van der Waals surface area contributed by atoms with Crippen molar-refractivity contribution in [3.8, 4) is 5.75 Å². The van der Waals surface area contributed by atoms with Crippen LogP contribution in [0.15, 0.2) is 48.5 Å². The van der Waals surface area contributed by atoms with Crippen LogP contribution in [-0.2, 0) is 4.79 Å². The maximum atomic E-state index is 12.5.